The predicted octanol–water partition coefficient (Wildman–Crippen LogP) is 2.07. The van der Waals surface area contributed by atoms with Crippen molar-refractivity contribution in [3.8, 4) is 12.1 Å². The Morgan fingerprint density at radius 1 is 1.06 bits per heavy atom. The molecule has 1 aliphatic heterocycles. The highest BCUT2D eigenvalue weighted by Crippen LogP contribution is 2.25. The lowest BCUT2D eigenvalue weighted by molar-refractivity contribution is 0.248. The van der Waals surface area contributed by atoms with Crippen LogP contribution in [0.1, 0.15) is 18.4 Å². The number of nitriles is 2. The fourth-order valence-corrected chi connectivity index (χ4v) is 2.16. The quantitative estimate of drug-likeness (QED) is 0.752. The van der Waals surface area contributed by atoms with Gasteiger partial charge in [-0.25, -0.2) is 0 Å². The lowest BCUT2D eigenvalue weighted by atomic mass is 10.2. The molecule has 1 aromatic rings. The van der Waals surface area contributed by atoms with Gasteiger partial charge in [-0.3, -0.25) is 4.90 Å². The van der Waals surface area contributed by atoms with E-state index in [0.717, 1.165) is 18.4 Å². The summed E-state index contributed by atoms with van der Waals surface area (Å²) in [5.41, 5.74) is 1.16. The Morgan fingerprint density at radius 3 is 2.12 bits per heavy atom. The topological polar surface area (TPSA) is 50.8 Å². The maximum absolute atomic E-state index is 9.03. The largest absolute Gasteiger partial charge is 0.268 e. The standard InChI is InChI=1S/C13H13N3/c14-8-12-6-7-13(9-15)16(12)10-11-4-2-1-3-5-11/h1-5,12-13H,6-7,10H2/t12-,13+. The molecule has 0 saturated carbocycles. The maximum atomic E-state index is 9.03. The maximum Gasteiger partial charge on any atom is 0.0992 e. The van der Waals surface area contributed by atoms with Crippen LogP contribution in [0.3, 0.4) is 0 Å². The van der Waals surface area contributed by atoms with E-state index in [4.69, 9.17) is 10.5 Å². The normalized spacial score (nSPS) is 24.9. The molecule has 0 radical (unpaired) electrons. The van der Waals surface area contributed by atoms with Crippen molar-refractivity contribution >= 4 is 0 Å². The van der Waals surface area contributed by atoms with Crippen molar-refractivity contribution in [3.63, 3.8) is 0 Å². The van der Waals surface area contributed by atoms with Crippen LogP contribution in [0.2, 0.25) is 0 Å². The predicted molar refractivity (Wildman–Crippen MR) is 60.0 cm³/mol. The smallest absolute Gasteiger partial charge is 0.0992 e. The number of nitrogens with zero attached hydrogens (tertiary/aromatic N) is 3. The van der Waals surface area contributed by atoms with Crippen molar-refractivity contribution in [2.24, 2.45) is 0 Å². The molecule has 16 heavy (non-hydrogen) atoms. The number of hydrogen-bond donors (Lipinski definition) is 0. The van der Waals surface area contributed by atoms with Gasteiger partial charge in [-0.15, -0.1) is 0 Å². The third-order valence-corrected chi connectivity index (χ3v) is 3.02. The van der Waals surface area contributed by atoms with Gasteiger partial charge in [0, 0.05) is 6.54 Å². The van der Waals surface area contributed by atoms with E-state index < -0.39 is 0 Å². The lowest BCUT2D eigenvalue weighted by Gasteiger charge is -2.22. The van der Waals surface area contributed by atoms with Crippen molar-refractivity contribution in [2.45, 2.75) is 31.5 Å². The van der Waals surface area contributed by atoms with Crippen LogP contribution in [-0.2, 0) is 6.54 Å². The zero-order valence-corrected chi connectivity index (χ0v) is 9.00. The molecule has 1 heterocycles. The van der Waals surface area contributed by atoms with Gasteiger partial charge >= 0.3 is 0 Å². The van der Waals surface area contributed by atoms with Gasteiger partial charge in [-0.1, -0.05) is 30.3 Å². The van der Waals surface area contributed by atoms with E-state index in [1.54, 1.807) is 0 Å². The summed E-state index contributed by atoms with van der Waals surface area (Å²) >= 11 is 0. The van der Waals surface area contributed by atoms with E-state index in [9.17, 15) is 0 Å². The Balaban J connectivity index is 2.13. The molecule has 0 aromatic heterocycles. The Bertz CT molecular complexity index is 405. The Morgan fingerprint density at radius 2 is 1.62 bits per heavy atom. The van der Waals surface area contributed by atoms with Gasteiger partial charge in [-0.05, 0) is 18.4 Å². The Kier molecular flexibility index (Phi) is 3.19. The fourth-order valence-electron chi connectivity index (χ4n) is 2.16. The first kappa shape index (κ1) is 10.7. The molecule has 0 spiro atoms. The molecule has 1 aliphatic rings. The summed E-state index contributed by atoms with van der Waals surface area (Å²) in [5, 5.41) is 18.1. The molecule has 2 rings (SSSR count). The van der Waals surface area contributed by atoms with Gasteiger partial charge in [-0.2, -0.15) is 10.5 Å². The molecule has 0 amide bonds. The minimum atomic E-state index is -0.107. The first-order chi connectivity index (χ1) is 7.85. The van der Waals surface area contributed by atoms with Gasteiger partial charge in [0.1, 0.15) is 0 Å². The molecule has 3 nitrogen and oxygen atoms in total. The molecule has 2 atom stereocenters. The van der Waals surface area contributed by atoms with Gasteiger partial charge < -0.3 is 0 Å². The zero-order chi connectivity index (χ0) is 11.4. The summed E-state index contributed by atoms with van der Waals surface area (Å²) in [6.07, 6.45) is 1.61. The van der Waals surface area contributed by atoms with E-state index in [0.29, 0.717) is 6.54 Å². The minimum absolute atomic E-state index is 0.107. The van der Waals surface area contributed by atoms with Crippen molar-refractivity contribution in [1.82, 2.24) is 4.90 Å². The van der Waals surface area contributed by atoms with E-state index >= 15 is 0 Å². The number of hydrogen-bond acceptors (Lipinski definition) is 3. The van der Waals surface area contributed by atoms with Crippen LogP contribution >= 0.6 is 0 Å². The van der Waals surface area contributed by atoms with Gasteiger partial charge in [0.15, 0.2) is 0 Å². The van der Waals surface area contributed by atoms with Crippen LogP contribution in [0.4, 0.5) is 0 Å². The number of likely N-dealkylation sites (tertiary alicyclic amines) is 1. The van der Waals surface area contributed by atoms with E-state index in [2.05, 4.69) is 12.1 Å². The van der Waals surface area contributed by atoms with Crippen LogP contribution in [0.5, 0.6) is 0 Å². The highest BCUT2D eigenvalue weighted by molar-refractivity contribution is 5.17. The van der Waals surface area contributed by atoms with Gasteiger partial charge in [0.2, 0.25) is 0 Å². The second kappa shape index (κ2) is 4.79. The van der Waals surface area contributed by atoms with Crippen molar-refractivity contribution in [3.05, 3.63) is 35.9 Å². The molecule has 1 fully saturated rings. The molecular weight excluding hydrogens is 198 g/mol. The first-order valence-corrected chi connectivity index (χ1v) is 5.44. The molecule has 0 unspecified atom stereocenters. The summed E-state index contributed by atoms with van der Waals surface area (Å²) in [4.78, 5) is 2.00. The molecular formula is C13H13N3. The SMILES string of the molecule is N#C[C@@H]1CC[C@H](C#N)N1Cc1ccccc1. The van der Waals surface area contributed by atoms with Crippen molar-refractivity contribution in [1.29, 1.82) is 10.5 Å². The zero-order valence-electron chi connectivity index (χ0n) is 9.00. The van der Waals surface area contributed by atoms with Crippen LogP contribution in [0.25, 0.3) is 0 Å². The Hall–Kier alpha value is -1.84. The van der Waals surface area contributed by atoms with Gasteiger partial charge in [0.05, 0.1) is 24.2 Å². The average molecular weight is 211 g/mol. The summed E-state index contributed by atoms with van der Waals surface area (Å²) in [7, 11) is 0. The monoisotopic (exact) mass is 211 g/mol. The van der Waals surface area contributed by atoms with Crippen LogP contribution in [0, 0.1) is 22.7 Å². The molecule has 0 bridgehead atoms. The second-order valence-electron chi connectivity index (χ2n) is 4.03. The summed E-state index contributed by atoms with van der Waals surface area (Å²) in [6.45, 7) is 0.692. The molecule has 1 saturated heterocycles. The third kappa shape index (κ3) is 2.05. The van der Waals surface area contributed by atoms with Crippen molar-refractivity contribution in [2.75, 3.05) is 0 Å². The summed E-state index contributed by atoms with van der Waals surface area (Å²) in [5.74, 6) is 0. The molecule has 0 aliphatic carbocycles. The van der Waals surface area contributed by atoms with E-state index in [1.165, 1.54) is 0 Å². The highest BCUT2D eigenvalue weighted by atomic mass is 15.2. The summed E-state index contributed by atoms with van der Waals surface area (Å²) < 4.78 is 0. The Labute approximate surface area is 95.5 Å². The molecule has 3 heteroatoms. The van der Waals surface area contributed by atoms with Gasteiger partial charge in [0.25, 0.3) is 0 Å². The third-order valence-electron chi connectivity index (χ3n) is 3.02. The van der Waals surface area contributed by atoms with Crippen LogP contribution in [0.15, 0.2) is 30.3 Å². The molecule has 80 valence electrons. The number of rotatable bonds is 2. The minimum Gasteiger partial charge on any atom is -0.268 e. The highest BCUT2D eigenvalue weighted by Gasteiger charge is 2.33. The van der Waals surface area contributed by atoms with E-state index in [-0.39, 0.29) is 12.1 Å². The lowest BCUT2D eigenvalue weighted by Crippen LogP contribution is -2.33. The van der Waals surface area contributed by atoms with Crippen molar-refractivity contribution < 1.29 is 0 Å². The first-order valence-electron chi connectivity index (χ1n) is 5.44. The average Bonchev–Trinajstić information content (AvgIpc) is 2.72. The summed E-state index contributed by atoms with van der Waals surface area (Å²) in [6, 6.07) is 14.3. The molecule has 1 aromatic carbocycles. The fraction of sp³-hybridized carbons (Fsp3) is 0.385. The van der Waals surface area contributed by atoms with Crippen LogP contribution < -0.4 is 0 Å². The molecule has 0 N–H and O–H groups in total. The van der Waals surface area contributed by atoms with Crippen LogP contribution in [-0.4, -0.2) is 17.0 Å². The number of benzene rings is 1. The second-order valence-corrected chi connectivity index (χ2v) is 4.03. The van der Waals surface area contributed by atoms with E-state index in [1.807, 2.05) is 35.2 Å².